The van der Waals surface area contributed by atoms with Gasteiger partial charge in [0.1, 0.15) is 0 Å². The van der Waals surface area contributed by atoms with Crippen molar-refractivity contribution in [1.82, 2.24) is 0 Å². The van der Waals surface area contributed by atoms with Gasteiger partial charge in [0.15, 0.2) is 0 Å². The molecular weight excluding hydrogens is 222 g/mol. The minimum absolute atomic E-state index is 0. The molecule has 2 rings (SSSR count). The van der Waals surface area contributed by atoms with Crippen LogP contribution in [0, 0.1) is 6.07 Å². The van der Waals surface area contributed by atoms with E-state index >= 15 is 0 Å². The van der Waals surface area contributed by atoms with Gasteiger partial charge in [0.25, 0.3) is 0 Å². The van der Waals surface area contributed by atoms with Gasteiger partial charge in [-0.05, 0) is 6.42 Å². The number of anilines is 1. The molecule has 0 N–H and O–H groups in total. The molecule has 1 fully saturated rings. The van der Waals surface area contributed by atoms with Gasteiger partial charge in [-0.3, -0.25) is 0 Å². The molecule has 0 spiro atoms. The molecule has 58 valence electrons. The molecule has 1 aliphatic rings. The molecule has 1 saturated heterocycles. The van der Waals surface area contributed by atoms with Crippen LogP contribution in [0.15, 0.2) is 24.3 Å². The first-order valence-electron chi connectivity index (χ1n) is 4.03. The summed E-state index contributed by atoms with van der Waals surface area (Å²) in [6, 6.07) is 11.3. The summed E-state index contributed by atoms with van der Waals surface area (Å²) in [5, 5.41) is 0. The molecule has 0 unspecified atom stereocenters. The van der Waals surface area contributed by atoms with Crippen molar-refractivity contribution >= 4 is 13.1 Å². The maximum absolute atomic E-state index is 3.20. The Morgan fingerprint density at radius 3 is 2.92 bits per heavy atom. The van der Waals surface area contributed by atoms with Crippen LogP contribution in [0.4, 0.5) is 5.69 Å². The topological polar surface area (TPSA) is 3.24 Å². The number of hydrogen-bond acceptors (Lipinski definition) is 1. The Labute approximate surface area is 99.7 Å². The van der Waals surface area contributed by atoms with Crippen LogP contribution in [0.2, 0.25) is 6.32 Å². The molecule has 1 heterocycles. The Morgan fingerprint density at radius 2 is 2.33 bits per heavy atom. The van der Waals surface area contributed by atoms with Crippen molar-refractivity contribution < 1.29 is 32.7 Å². The number of rotatable bonds is 1. The fourth-order valence-electron chi connectivity index (χ4n) is 1.38. The van der Waals surface area contributed by atoms with E-state index in [0.717, 1.165) is 6.54 Å². The zero-order chi connectivity index (χ0) is 7.52. The van der Waals surface area contributed by atoms with Crippen molar-refractivity contribution in [3.8, 4) is 0 Å². The Morgan fingerprint density at radius 1 is 1.42 bits per heavy atom. The average Bonchev–Trinajstić information content (AvgIpc) is 2.58. The van der Waals surface area contributed by atoms with Gasteiger partial charge < -0.3 is 4.81 Å². The molecule has 1 nitrogen and oxygen atoms in total. The molecule has 0 saturated carbocycles. The molecule has 12 heavy (non-hydrogen) atoms. The predicted molar refractivity (Wildman–Crippen MR) is 47.8 cm³/mol. The second kappa shape index (κ2) is 5.03. The minimum atomic E-state index is 0. The Bertz CT molecular complexity index is 221. The Balaban J connectivity index is 0.000000720. The maximum Gasteiger partial charge on any atom is 0.243 e. The summed E-state index contributed by atoms with van der Waals surface area (Å²) in [5.41, 5.74) is 1.20. The number of nitrogens with zero attached hydrogens (tertiary/aromatic N) is 1. The molecule has 1 aromatic rings. The molecular formula is C9H10BNY-. The Kier molecular flexibility index (Phi) is 4.31. The van der Waals surface area contributed by atoms with Crippen molar-refractivity contribution in [3.05, 3.63) is 30.3 Å². The van der Waals surface area contributed by atoms with E-state index in [1.807, 2.05) is 12.1 Å². The van der Waals surface area contributed by atoms with E-state index in [4.69, 9.17) is 0 Å². The summed E-state index contributed by atoms with van der Waals surface area (Å²) in [6.45, 7) is 1.15. The average molecular weight is 232 g/mol. The second-order valence-corrected chi connectivity index (χ2v) is 2.77. The standard InChI is InChI=1S/C9H10BN.Y/c1-2-5-9(6-3-1)11-8-4-7-10-11;/h1-3,5H,4,7-8H2;/q-1;. The van der Waals surface area contributed by atoms with Crippen LogP contribution < -0.4 is 4.81 Å². The zero-order valence-corrected chi connectivity index (χ0v) is 9.87. The summed E-state index contributed by atoms with van der Waals surface area (Å²) in [4.78, 5) is 2.26. The van der Waals surface area contributed by atoms with E-state index in [1.165, 1.54) is 18.4 Å². The zero-order valence-electron chi connectivity index (χ0n) is 7.03. The van der Waals surface area contributed by atoms with Crippen LogP contribution in [0.3, 0.4) is 0 Å². The predicted octanol–water partition coefficient (Wildman–Crippen LogP) is 1.73. The molecule has 1 aliphatic heterocycles. The van der Waals surface area contributed by atoms with Crippen molar-refractivity contribution in [2.24, 2.45) is 0 Å². The van der Waals surface area contributed by atoms with Crippen molar-refractivity contribution in [2.45, 2.75) is 12.7 Å². The molecule has 3 heteroatoms. The second-order valence-electron chi connectivity index (χ2n) is 2.77. The van der Waals surface area contributed by atoms with Crippen molar-refractivity contribution in [1.29, 1.82) is 0 Å². The van der Waals surface area contributed by atoms with Gasteiger partial charge in [-0.1, -0.05) is 12.0 Å². The van der Waals surface area contributed by atoms with Crippen LogP contribution in [-0.4, -0.2) is 14.0 Å². The summed E-state index contributed by atoms with van der Waals surface area (Å²) in [5.74, 6) is 0. The molecule has 0 aromatic heterocycles. The first-order chi connectivity index (χ1) is 5.47. The Hall–Kier alpha value is 0.189. The number of benzene rings is 1. The molecule has 0 aliphatic carbocycles. The van der Waals surface area contributed by atoms with Crippen LogP contribution in [0.5, 0.6) is 0 Å². The summed E-state index contributed by atoms with van der Waals surface area (Å²) < 4.78 is 0. The SMILES string of the molecule is [B]1CCCN1c1[c-]cccc1.[Y]. The molecule has 0 atom stereocenters. The van der Waals surface area contributed by atoms with E-state index < -0.39 is 0 Å². The third kappa shape index (κ3) is 2.34. The quantitative estimate of drug-likeness (QED) is 0.526. The fourth-order valence-corrected chi connectivity index (χ4v) is 1.38. The maximum atomic E-state index is 3.20. The monoisotopic (exact) mass is 232 g/mol. The van der Waals surface area contributed by atoms with Crippen LogP contribution >= 0.6 is 0 Å². The van der Waals surface area contributed by atoms with E-state index in [9.17, 15) is 0 Å². The first-order valence-corrected chi connectivity index (χ1v) is 4.03. The minimum Gasteiger partial charge on any atom is -0.439 e. The number of para-hydroxylation sites is 1. The third-order valence-corrected chi connectivity index (χ3v) is 1.95. The molecule has 1 aromatic carbocycles. The van der Waals surface area contributed by atoms with Gasteiger partial charge in [0, 0.05) is 39.3 Å². The van der Waals surface area contributed by atoms with Gasteiger partial charge in [0.05, 0.1) is 0 Å². The van der Waals surface area contributed by atoms with Crippen molar-refractivity contribution in [3.63, 3.8) is 0 Å². The van der Waals surface area contributed by atoms with Crippen LogP contribution in [-0.2, 0) is 32.7 Å². The van der Waals surface area contributed by atoms with E-state index in [0.29, 0.717) is 0 Å². The van der Waals surface area contributed by atoms with Gasteiger partial charge >= 0.3 is 0 Å². The van der Waals surface area contributed by atoms with Gasteiger partial charge in [-0.15, -0.1) is 6.07 Å². The summed E-state index contributed by atoms with van der Waals surface area (Å²) in [6.07, 6.45) is 2.49. The smallest absolute Gasteiger partial charge is 0.243 e. The van der Waals surface area contributed by atoms with Crippen LogP contribution in [0.25, 0.3) is 0 Å². The summed E-state index contributed by atoms with van der Waals surface area (Å²) >= 11 is 0. The van der Waals surface area contributed by atoms with Gasteiger partial charge in [-0.25, -0.2) is 0 Å². The summed E-state index contributed by atoms with van der Waals surface area (Å²) in [7, 11) is 2.24. The molecule has 0 amide bonds. The van der Waals surface area contributed by atoms with E-state index in [2.05, 4.69) is 30.4 Å². The normalized spacial score (nSPS) is 15.2. The first kappa shape index (κ1) is 10.3. The van der Waals surface area contributed by atoms with E-state index in [-0.39, 0.29) is 32.7 Å². The van der Waals surface area contributed by atoms with Crippen LogP contribution in [0.1, 0.15) is 6.42 Å². The third-order valence-electron chi connectivity index (χ3n) is 1.95. The van der Waals surface area contributed by atoms with Crippen molar-refractivity contribution in [2.75, 3.05) is 11.4 Å². The van der Waals surface area contributed by atoms with Gasteiger partial charge in [0.2, 0.25) is 7.41 Å². The molecule has 2 radical (unpaired) electrons. The largest absolute Gasteiger partial charge is 0.439 e. The number of hydrogen-bond donors (Lipinski definition) is 0. The van der Waals surface area contributed by atoms with E-state index in [1.54, 1.807) is 0 Å². The fraction of sp³-hybridized carbons (Fsp3) is 0.333. The molecule has 0 bridgehead atoms. The van der Waals surface area contributed by atoms with Gasteiger partial charge in [-0.2, -0.15) is 24.3 Å².